The number of nitrogens with zero attached hydrogens (tertiary/aromatic N) is 3. The van der Waals surface area contributed by atoms with E-state index in [9.17, 15) is 0 Å². The maximum atomic E-state index is 5.37. The Morgan fingerprint density at radius 3 is 2.88 bits per heavy atom. The Labute approximate surface area is 101 Å². The Morgan fingerprint density at radius 2 is 2.29 bits per heavy atom. The van der Waals surface area contributed by atoms with Gasteiger partial charge in [-0.2, -0.15) is 5.10 Å². The molecule has 0 saturated heterocycles. The van der Waals surface area contributed by atoms with Crippen LogP contribution in [0.25, 0.3) is 0 Å². The zero-order valence-electron chi connectivity index (χ0n) is 10.5. The molecule has 1 N–H and O–H groups in total. The molecule has 0 radical (unpaired) electrons. The zero-order valence-corrected chi connectivity index (χ0v) is 10.5. The first-order valence-electron chi connectivity index (χ1n) is 5.93. The van der Waals surface area contributed by atoms with Crippen LogP contribution in [0.2, 0.25) is 0 Å². The third-order valence-corrected chi connectivity index (χ3v) is 2.82. The Hall–Kier alpha value is -1.62. The van der Waals surface area contributed by atoms with Crippen LogP contribution in [0.15, 0.2) is 23.1 Å². The number of aryl methyl sites for hydroxylation is 2. The molecular weight excluding hydrogens is 216 g/mol. The van der Waals surface area contributed by atoms with Gasteiger partial charge in [-0.1, -0.05) is 6.92 Å². The molecule has 5 heteroatoms. The summed E-state index contributed by atoms with van der Waals surface area (Å²) >= 11 is 0. The largest absolute Gasteiger partial charge is 0.469 e. The van der Waals surface area contributed by atoms with Crippen LogP contribution < -0.4 is 5.32 Å². The maximum Gasteiger partial charge on any atom is 0.148 e. The summed E-state index contributed by atoms with van der Waals surface area (Å²) < 4.78 is 7.27. The summed E-state index contributed by atoms with van der Waals surface area (Å²) in [5, 5.41) is 7.63. The monoisotopic (exact) mass is 234 g/mol. The highest BCUT2D eigenvalue weighted by molar-refractivity contribution is 5.26. The molecule has 17 heavy (non-hydrogen) atoms. The molecule has 0 aliphatic carbocycles. The fourth-order valence-corrected chi connectivity index (χ4v) is 1.98. The molecule has 92 valence electrons. The summed E-state index contributed by atoms with van der Waals surface area (Å²) in [6.45, 7) is 7.78. The number of aromatic nitrogens is 3. The van der Waals surface area contributed by atoms with Crippen LogP contribution in [-0.4, -0.2) is 21.3 Å². The zero-order chi connectivity index (χ0) is 12.3. The Bertz CT molecular complexity index is 474. The molecule has 2 aromatic heterocycles. The number of furan rings is 1. The summed E-state index contributed by atoms with van der Waals surface area (Å²) in [6, 6.07) is 2.03. The fraction of sp³-hybridized carbons (Fsp3) is 0.500. The van der Waals surface area contributed by atoms with Crippen LogP contribution in [-0.2, 0) is 6.54 Å². The predicted molar refractivity (Wildman–Crippen MR) is 64.7 cm³/mol. The second kappa shape index (κ2) is 5.14. The van der Waals surface area contributed by atoms with E-state index in [1.54, 1.807) is 12.6 Å². The summed E-state index contributed by atoms with van der Waals surface area (Å²) in [7, 11) is 0. The third kappa shape index (κ3) is 2.24. The quantitative estimate of drug-likeness (QED) is 0.858. The van der Waals surface area contributed by atoms with Gasteiger partial charge in [-0.25, -0.2) is 9.67 Å². The van der Waals surface area contributed by atoms with Crippen molar-refractivity contribution in [1.29, 1.82) is 0 Å². The van der Waals surface area contributed by atoms with Gasteiger partial charge in [0.2, 0.25) is 0 Å². The molecule has 1 atom stereocenters. The van der Waals surface area contributed by atoms with Gasteiger partial charge in [0.05, 0.1) is 12.3 Å². The minimum atomic E-state index is 0.0428. The van der Waals surface area contributed by atoms with Crippen LogP contribution in [0.3, 0.4) is 0 Å². The third-order valence-electron chi connectivity index (χ3n) is 2.82. The summed E-state index contributed by atoms with van der Waals surface area (Å²) in [6.07, 6.45) is 3.31. The van der Waals surface area contributed by atoms with Gasteiger partial charge in [-0.05, 0) is 26.5 Å². The van der Waals surface area contributed by atoms with E-state index in [1.807, 2.05) is 17.7 Å². The molecule has 0 aliphatic rings. The minimum absolute atomic E-state index is 0.0428. The topological polar surface area (TPSA) is 55.9 Å². The van der Waals surface area contributed by atoms with Crippen molar-refractivity contribution in [1.82, 2.24) is 20.1 Å². The molecule has 0 amide bonds. The van der Waals surface area contributed by atoms with Crippen molar-refractivity contribution in [3.63, 3.8) is 0 Å². The summed E-state index contributed by atoms with van der Waals surface area (Å²) in [5.74, 6) is 1.85. The minimum Gasteiger partial charge on any atom is -0.469 e. The highest BCUT2D eigenvalue weighted by Gasteiger charge is 2.21. The Kier molecular flexibility index (Phi) is 3.58. The second-order valence-corrected chi connectivity index (χ2v) is 3.86. The first-order valence-corrected chi connectivity index (χ1v) is 5.93. The second-order valence-electron chi connectivity index (χ2n) is 3.86. The van der Waals surface area contributed by atoms with Crippen molar-refractivity contribution < 1.29 is 4.42 Å². The molecule has 0 bridgehead atoms. The lowest BCUT2D eigenvalue weighted by Crippen LogP contribution is -2.25. The fourth-order valence-electron chi connectivity index (χ4n) is 1.98. The Morgan fingerprint density at radius 1 is 1.47 bits per heavy atom. The maximum absolute atomic E-state index is 5.37. The lowest BCUT2D eigenvalue weighted by molar-refractivity contribution is 0.500. The van der Waals surface area contributed by atoms with Crippen molar-refractivity contribution in [3.8, 4) is 0 Å². The van der Waals surface area contributed by atoms with E-state index < -0.39 is 0 Å². The molecular formula is C12H18N4O. The van der Waals surface area contributed by atoms with Crippen LogP contribution in [0.5, 0.6) is 0 Å². The van der Waals surface area contributed by atoms with E-state index >= 15 is 0 Å². The van der Waals surface area contributed by atoms with Crippen molar-refractivity contribution in [2.75, 3.05) is 6.54 Å². The molecule has 0 aliphatic heterocycles. The highest BCUT2D eigenvalue weighted by Crippen LogP contribution is 2.23. The van der Waals surface area contributed by atoms with Gasteiger partial charge >= 0.3 is 0 Å². The normalized spacial score (nSPS) is 12.9. The average molecular weight is 234 g/mol. The van der Waals surface area contributed by atoms with Gasteiger partial charge in [0.15, 0.2) is 0 Å². The van der Waals surface area contributed by atoms with Crippen molar-refractivity contribution in [2.45, 2.75) is 33.4 Å². The average Bonchev–Trinajstić information content (AvgIpc) is 2.94. The molecule has 0 saturated carbocycles. The van der Waals surface area contributed by atoms with Gasteiger partial charge < -0.3 is 9.73 Å². The number of nitrogens with one attached hydrogen (secondary N) is 1. The first-order chi connectivity index (χ1) is 8.27. The molecule has 0 fully saturated rings. The van der Waals surface area contributed by atoms with Crippen LogP contribution in [0.1, 0.15) is 37.0 Å². The van der Waals surface area contributed by atoms with Crippen LogP contribution >= 0.6 is 0 Å². The molecule has 2 rings (SSSR count). The van der Waals surface area contributed by atoms with Gasteiger partial charge in [0, 0.05) is 12.1 Å². The first kappa shape index (κ1) is 11.9. The van der Waals surface area contributed by atoms with E-state index in [-0.39, 0.29) is 6.04 Å². The lowest BCUT2D eigenvalue weighted by atomic mass is 10.1. The molecule has 0 aromatic carbocycles. The lowest BCUT2D eigenvalue weighted by Gasteiger charge is -2.17. The SMILES string of the molecule is CCNC(c1ccoc1C)c1ncnn1CC. The molecule has 2 heterocycles. The summed E-state index contributed by atoms with van der Waals surface area (Å²) in [5.41, 5.74) is 1.12. The smallest absolute Gasteiger partial charge is 0.148 e. The number of hydrogen-bond donors (Lipinski definition) is 1. The van der Waals surface area contributed by atoms with E-state index in [1.165, 1.54) is 0 Å². The highest BCUT2D eigenvalue weighted by atomic mass is 16.3. The van der Waals surface area contributed by atoms with Gasteiger partial charge in [-0.3, -0.25) is 0 Å². The van der Waals surface area contributed by atoms with Crippen LogP contribution in [0.4, 0.5) is 0 Å². The molecule has 2 aromatic rings. The van der Waals surface area contributed by atoms with E-state index in [2.05, 4.69) is 29.2 Å². The predicted octanol–water partition coefficient (Wildman–Crippen LogP) is 1.90. The van der Waals surface area contributed by atoms with Crippen LogP contribution in [0, 0.1) is 6.92 Å². The van der Waals surface area contributed by atoms with Crippen molar-refractivity contribution >= 4 is 0 Å². The van der Waals surface area contributed by atoms with Gasteiger partial charge in [0.1, 0.15) is 17.9 Å². The van der Waals surface area contributed by atoms with Gasteiger partial charge in [-0.15, -0.1) is 0 Å². The number of rotatable bonds is 5. The standard InChI is InChI=1S/C12H18N4O/c1-4-13-11(10-6-7-17-9(10)3)12-14-8-15-16(12)5-2/h6-8,11,13H,4-5H2,1-3H3. The molecule has 0 spiro atoms. The Balaban J connectivity index is 2.39. The molecule has 5 nitrogen and oxygen atoms in total. The van der Waals surface area contributed by atoms with E-state index in [0.717, 1.165) is 30.2 Å². The van der Waals surface area contributed by atoms with Crippen molar-refractivity contribution in [3.05, 3.63) is 35.8 Å². The van der Waals surface area contributed by atoms with Crippen molar-refractivity contribution in [2.24, 2.45) is 0 Å². The summed E-state index contributed by atoms with van der Waals surface area (Å²) in [4.78, 5) is 4.35. The van der Waals surface area contributed by atoms with E-state index in [0.29, 0.717) is 0 Å². The van der Waals surface area contributed by atoms with E-state index in [4.69, 9.17) is 4.42 Å². The number of hydrogen-bond acceptors (Lipinski definition) is 4. The molecule has 1 unspecified atom stereocenters. The van der Waals surface area contributed by atoms with Gasteiger partial charge in [0.25, 0.3) is 0 Å².